The monoisotopic (exact) mass is 420 g/mol. The maximum absolute atomic E-state index is 14.9. The van der Waals surface area contributed by atoms with E-state index in [1.807, 2.05) is 0 Å². The summed E-state index contributed by atoms with van der Waals surface area (Å²) < 4.78 is 80.8. The van der Waals surface area contributed by atoms with Gasteiger partial charge >= 0.3 is 7.82 Å². The lowest BCUT2D eigenvalue weighted by molar-refractivity contribution is 0.282. The summed E-state index contributed by atoms with van der Waals surface area (Å²) in [7, 11) is -5.16. The van der Waals surface area contributed by atoms with E-state index in [-0.39, 0.29) is 32.7 Å². The Bertz CT molecular complexity index is 1300. The highest BCUT2D eigenvalue weighted by atomic mass is 31.2. The molecule has 4 nitrogen and oxygen atoms in total. The van der Waals surface area contributed by atoms with Gasteiger partial charge in [0.25, 0.3) is 0 Å². The Labute approximate surface area is 160 Å². The van der Waals surface area contributed by atoms with Gasteiger partial charge in [0, 0.05) is 21.9 Å². The van der Waals surface area contributed by atoms with E-state index in [1.54, 1.807) is 0 Å². The van der Waals surface area contributed by atoms with Crippen LogP contribution in [0.1, 0.15) is 0 Å². The SMILES string of the molecule is O=P1(O)Oc2c(F)c(F)c3ccccc3c2-c2c(c(F)c(F)c3ccccc23)O1. The van der Waals surface area contributed by atoms with Gasteiger partial charge in [0.1, 0.15) is 0 Å². The summed E-state index contributed by atoms with van der Waals surface area (Å²) in [5, 5.41) is -0.183. The van der Waals surface area contributed by atoms with Crippen LogP contribution in [-0.4, -0.2) is 4.89 Å². The minimum absolute atomic E-state index is 0.0734. The summed E-state index contributed by atoms with van der Waals surface area (Å²) in [6, 6.07) is 11.4. The van der Waals surface area contributed by atoms with Crippen molar-refractivity contribution in [1.29, 1.82) is 0 Å². The molecule has 1 aliphatic rings. The highest BCUT2D eigenvalue weighted by molar-refractivity contribution is 7.48. The van der Waals surface area contributed by atoms with Crippen LogP contribution in [0.15, 0.2) is 48.5 Å². The fraction of sp³-hybridized carbons (Fsp3) is 0. The second-order valence-electron chi connectivity index (χ2n) is 6.41. The third-order valence-electron chi connectivity index (χ3n) is 4.77. The molecule has 4 aromatic carbocycles. The Hall–Kier alpha value is -3.09. The molecule has 0 unspecified atom stereocenters. The first-order valence-electron chi connectivity index (χ1n) is 8.32. The van der Waals surface area contributed by atoms with Crippen LogP contribution < -0.4 is 9.05 Å². The molecule has 4 aromatic rings. The Balaban J connectivity index is 2.12. The molecule has 0 saturated heterocycles. The van der Waals surface area contributed by atoms with Crippen molar-refractivity contribution in [1.82, 2.24) is 0 Å². The number of halogens is 4. The van der Waals surface area contributed by atoms with Crippen molar-refractivity contribution in [2.45, 2.75) is 0 Å². The van der Waals surface area contributed by atoms with Crippen LogP contribution in [0.4, 0.5) is 17.6 Å². The number of benzene rings is 4. The molecule has 0 fully saturated rings. The van der Waals surface area contributed by atoms with E-state index >= 15 is 0 Å². The number of hydrogen-bond donors (Lipinski definition) is 1. The van der Waals surface area contributed by atoms with Crippen LogP contribution in [-0.2, 0) is 4.57 Å². The van der Waals surface area contributed by atoms with Crippen molar-refractivity contribution in [3.8, 4) is 22.6 Å². The highest BCUT2D eigenvalue weighted by Gasteiger charge is 2.40. The molecule has 0 radical (unpaired) electrons. The van der Waals surface area contributed by atoms with E-state index in [0.717, 1.165) is 0 Å². The summed E-state index contributed by atoms with van der Waals surface area (Å²) in [6.07, 6.45) is 0. The predicted octanol–water partition coefficient (Wildman–Crippen LogP) is 6.09. The second-order valence-corrected chi connectivity index (χ2v) is 7.71. The molecule has 1 aliphatic heterocycles. The largest absolute Gasteiger partial charge is 0.585 e. The fourth-order valence-corrected chi connectivity index (χ4v) is 4.44. The van der Waals surface area contributed by atoms with Crippen molar-refractivity contribution < 1.29 is 36.1 Å². The zero-order chi connectivity index (χ0) is 20.5. The van der Waals surface area contributed by atoms with Gasteiger partial charge in [-0.25, -0.2) is 13.3 Å². The van der Waals surface area contributed by atoms with Gasteiger partial charge in [-0.15, -0.1) is 0 Å². The molecule has 146 valence electrons. The summed E-state index contributed by atoms with van der Waals surface area (Å²) >= 11 is 0. The van der Waals surface area contributed by atoms with Crippen molar-refractivity contribution in [3.05, 3.63) is 71.8 Å². The molecule has 0 aromatic heterocycles. The smallest absolute Gasteiger partial charge is 0.391 e. The lowest BCUT2D eigenvalue weighted by atomic mass is 9.91. The summed E-state index contributed by atoms with van der Waals surface area (Å²) in [6.45, 7) is 0. The lowest BCUT2D eigenvalue weighted by Crippen LogP contribution is -2.02. The molecule has 0 saturated carbocycles. The fourth-order valence-electron chi connectivity index (χ4n) is 3.60. The standard InChI is InChI=1S/C20H9F4O4P/c21-15-11-7-3-1-5-9(11)13-14-10-6-2-4-8-12(10)16(22)18(24)20(14)28-29(25,26)27-19(13)17(15)23/h1-8H,(H,25,26). The van der Waals surface area contributed by atoms with Gasteiger partial charge in [-0.2, -0.15) is 8.78 Å². The number of phosphoric acid groups is 1. The number of hydrogen-bond acceptors (Lipinski definition) is 3. The van der Waals surface area contributed by atoms with Gasteiger partial charge in [0.15, 0.2) is 23.1 Å². The van der Waals surface area contributed by atoms with Crippen molar-refractivity contribution in [2.24, 2.45) is 0 Å². The zero-order valence-corrected chi connectivity index (χ0v) is 15.1. The average Bonchev–Trinajstić information content (AvgIpc) is 2.84. The first-order chi connectivity index (χ1) is 13.8. The van der Waals surface area contributed by atoms with Crippen molar-refractivity contribution >= 4 is 29.4 Å². The van der Waals surface area contributed by atoms with Gasteiger partial charge in [-0.05, 0) is 10.8 Å². The average molecular weight is 420 g/mol. The van der Waals surface area contributed by atoms with E-state index in [0.29, 0.717) is 0 Å². The quantitative estimate of drug-likeness (QED) is 0.276. The van der Waals surface area contributed by atoms with E-state index in [2.05, 4.69) is 0 Å². The summed E-state index contributed by atoms with van der Waals surface area (Å²) in [4.78, 5) is 9.96. The Morgan fingerprint density at radius 2 is 0.966 bits per heavy atom. The molecule has 0 spiro atoms. The Morgan fingerprint density at radius 3 is 1.34 bits per heavy atom. The van der Waals surface area contributed by atoms with Gasteiger partial charge in [0.05, 0.1) is 0 Å². The van der Waals surface area contributed by atoms with Crippen molar-refractivity contribution in [3.63, 3.8) is 0 Å². The van der Waals surface area contributed by atoms with Gasteiger partial charge < -0.3 is 9.05 Å². The van der Waals surface area contributed by atoms with Gasteiger partial charge in [-0.3, -0.25) is 4.89 Å². The maximum atomic E-state index is 14.9. The molecule has 5 rings (SSSR count). The molecule has 0 bridgehead atoms. The normalized spacial score (nSPS) is 14.7. The molecule has 1 heterocycles. The van der Waals surface area contributed by atoms with E-state index in [1.165, 1.54) is 48.5 Å². The molecular weight excluding hydrogens is 411 g/mol. The first kappa shape index (κ1) is 18.0. The number of fused-ring (bicyclic) bond motifs is 7. The van der Waals surface area contributed by atoms with Gasteiger partial charge in [0.2, 0.25) is 11.6 Å². The highest BCUT2D eigenvalue weighted by Crippen LogP contribution is 2.59. The first-order valence-corrected chi connectivity index (χ1v) is 9.81. The molecule has 1 N–H and O–H groups in total. The lowest BCUT2D eigenvalue weighted by Gasteiger charge is -2.15. The van der Waals surface area contributed by atoms with E-state index in [4.69, 9.17) is 9.05 Å². The van der Waals surface area contributed by atoms with Gasteiger partial charge in [-0.1, -0.05) is 48.5 Å². The molecular formula is C20H9F4O4P. The minimum Gasteiger partial charge on any atom is -0.391 e. The van der Waals surface area contributed by atoms with E-state index in [9.17, 15) is 27.0 Å². The number of rotatable bonds is 0. The van der Waals surface area contributed by atoms with E-state index < -0.39 is 42.6 Å². The molecule has 9 heteroatoms. The number of phosphoric ester groups is 1. The molecule has 0 aliphatic carbocycles. The summed E-state index contributed by atoms with van der Waals surface area (Å²) in [5.74, 6) is -7.54. The Morgan fingerprint density at radius 1 is 0.621 bits per heavy atom. The topological polar surface area (TPSA) is 55.8 Å². The zero-order valence-electron chi connectivity index (χ0n) is 14.2. The molecule has 0 atom stereocenters. The van der Waals surface area contributed by atoms with Crippen LogP contribution in [0.3, 0.4) is 0 Å². The van der Waals surface area contributed by atoms with Crippen molar-refractivity contribution in [2.75, 3.05) is 0 Å². The second kappa shape index (κ2) is 5.95. The maximum Gasteiger partial charge on any atom is 0.585 e. The summed E-state index contributed by atoms with van der Waals surface area (Å²) in [5.41, 5.74) is -0.423. The third-order valence-corrected chi connectivity index (χ3v) is 5.59. The van der Waals surface area contributed by atoms with Crippen LogP contribution in [0, 0.1) is 23.3 Å². The molecule has 0 amide bonds. The Kier molecular flexibility index (Phi) is 3.69. The van der Waals surface area contributed by atoms with Crippen LogP contribution in [0.2, 0.25) is 0 Å². The van der Waals surface area contributed by atoms with Crippen LogP contribution >= 0.6 is 7.82 Å². The predicted molar refractivity (Wildman–Crippen MR) is 97.8 cm³/mol. The van der Waals surface area contributed by atoms with Crippen LogP contribution in [0.5, 0.6) is 11.5 Å². The molecule has 29 heavy (non-hydrogen) atoms. The third kappa shape index (κ3) is 2.46. The van der Waals surface area contributed by atoms with Crippen LogP contribution in [0.25, 0.3) is 32.7 Å². The minimum atomic E-state index is -5.16.